The number of hydrogen-bond acceptors (Lipinski definition) is 3. The van der Waals surface area contributed by atoms with Crippen LogP contribution in [0, 0.1) is 0 Å². The van der Waals surface area contributed by atoms with Gasteiger partial charge in [0.25, 0.3) is 5.91 Å². The number of anilines is 1. The maximum Gasteiger partial charge on any atom is 0.405 e. The largest absolute Gasteiger partial charge is 0.489 e. The van der Waals surface area contributed by atoms with Gasteiger partial charge < -0.3 is 20.1 Å². The minimum absolute atomic E-state index is 0.0237. The highest BCUT2D eigenvalue weighted by Crippen LogP contribution is 2.33. The van der Waals surface area contributed by atoms with Crippen molar-refractivity contribution in [1.29, 1.82) is 0 Å². The number of fused-ring (bicyclic) bond motifs is 1. The number of carbonyl (C=O) groups is 2. The zero-order valence-corrected chi connectivity index (χ0v) is 11.1. The van der Waals surface area contributed by atoms with E-state index in [-0.39, 0.29) is 12.5 Å². The molecule has 0 unspecified atom stereocenters. The summed E-state index contributed by atoms with van der Waals surface area (Å²) in [4.78, 5) is 24.1. The third-order valence-corrected chi connectivity index (χ3v) is 3.11. The zero-order chi connectivity index (χ0) is 13.3. The molecule has 2 N–H and O–H groups in total. The molecule has 0 aromatic heterocycles. The van der Waals surface area contributed by atoms with Gasteiger partial charge in [0.1, 0.15) is 18.4 Å². The van der Waals surface area contributed by atoms with E-state index in [4.69, 9.17) is 9.84 Å². The Balaban J connectivity index is 2.33. The SMILES string of the molecule is CN1C(=O)[C@@H](NC(=O)O)COc2ccc(Br)cc21. The number of ether oxygens (including phenoxy) is 1. The molecule has 1 aromatic carbocycles. The number of amides is 2. The number of nitrogens with one attached hydrogen (secondary N) is 1. The minimum atomic E-state index is -1.25. The van der Waals surface area contributed by atoms with Gasteiger partial charge in [-0.3, -0.25) is 4.79 Å². The second-order valence-corrected chi connectivity index (χ2v) is 4.74. The quantitative estimate of drug-likeness (QED) is 0.822. The lowest BCUT2D eigenvalue weighted by Crippen LogP contribution is -2.48. The molecule has 2 rings (SSSR count). The molecular formula is C11H11BrN2O4. The Bertz CT molecular complexity index is 506. The molecule has 0 bridgehead atoms. The Morgan fingerprint density at radius 1 is 1.61 bits per heavy atom. The van der Waals surface area contributed by atoms with Gasteiger partial charge in [0.2, 0.25) is 0 Å². The van der Waals surface area contributed by atoms with Crippen molar-refractivity contribution in [3.05, 3.63) is 22.7 Å². The molecule has 7 heteroatoms. The molecule has 1 heterocycles. The highest BCUT2D eigenvalue weighted by molar-refractivity contribution is 9.10. The maximum atomic E-state index is 12.1. The molecule has 0 radical (unpaired) electrons. The van der Waals surface area contributed by atoms with Gasteiger partial charge >= 0.3 is 6.09 Å². The van der Waals surface area contributed by atoms with Crippen LogP contribution in [-0.4, -0.2) is 36.8 Å². The van der Waals surface area contributed by atoms with Crippen LogP contribution >= 0.6 is 15.9 Å². The molecule has 1 aliphatic heterocycles. The Morgan fingerprint density at radius 2 is 2.33 bits per heavy atom. The fraction of sp³-hybridized carbons (Fsp3) is 0.273. The van der Waals surface area contributed by atoms with Crippen molar-refractivity contribution in [2.24, 2.45) is 0 Å². The number of halogens is 1. The number of benzene rings is 1. The van der Waals surface area contributed by atoms with Crippen molar-refractivity contribution in [1.82, 2.24) is 5.32 Å². The third kappa shape index (κ3) is 2.40. The van der Waals surface area contributed by atoms with Gasteiger partial charge in [-0.05, 0) is 18.2 Å². The first kappa shape index (κ1) is 12.7. The summed E-state index contributed by atoms with van der Waals surface area (Å²) in [5.74, 6) is 0.193. The fourth-order valence-electron chi connectivity index (χ4n) is 1.72. The normalized spacial score (nSPS) is 18.7. The molecule has 1 aliphatic rings. The average Bonchev–Trinajstić information content (AvgIpc) is 2.42. The van der Waals surface area contributed by atoms with Crippen molar-refractivity contribution in [3.8, 4) is 5.75 Å². The summed E-state index contributed by atoms with van der Waals surface area (Å²) < 4.78 is 6.26. The summed E-state index contributed by atoms with van der Waals surface area (Å²) in [6.07, 6.45) is -1.25. The lowest BCUT2D eigenvalue weighted by molar-refractivity contribution is -0.120. The summed E-state index contributed by atoms with van der Waals surface area (Å²) >= 11 is 3.32. The standard InChI is InChI=1S/C11H11BrN2O4/c1-14-8-4-6(12)2-3-9(8)18-5-7(10(14)15)13-11(16)17/h2-4,7,13H,5H2,1H3,(H,16,17)/t7-/m0/s1. The maximum absolute atomic E-state index is 12.1. The summed E-state index contributed by atoms with van der Waals surface area (Å²) in [7, 11) is 1.58. The molecule has 0 aliphatic carbocycles. The number of hydrogen-bond donors (Lipinski definition) is 2. The van der Waals surface area contributed by atoms with Crippen LogP contribution in [-0.2, 0) is 4.79 Å². The molecule has 0 saturated heterocycles. The topological polar surface area (TPSA) is 78.9 Å². The molecule has 0 fully saturated rings. The summed E-state index contributed by atoms with van der Waals surface area (Å²) in [6.45, 7) is -0.0237. The first-order valence-electron chi connectivity index (χ1n) is 5.18. The van der Waals surface area contributed by atoms with E-state index in [1.165, 1.54) is 4.90 Å². The molecule has 0 saturated carbocycles. The Kier molecular flexibility index (Phi) is 3.42. The van der Waals surface area contributed by atoms with E-state index in [1.54, 1.807) is 25.2 Å². The molecule has 1 aromatic rings. The summed E-state index contributed by atoms with van der Waals surface area (Å²) in [5.41, 5.74) is 0.601. The van der Waals surface area contributed by atoms with E-state index in [9.17, 15) is 9.59 Å². The van der Waals surface area contributed by atoms with Crippen LogP contribution in [0.5, 0.6) is 5.75 Å². The fourth-order valence-corrected chi connectivity index (χ4v) is 2.07. The van der Waals surface area contributed by atoms with E-state index in [0.29, 0.717) is 11.4 Å². The predicted molar refractivity (Wildman–Crippen MR) is 68.0 cm³/mol. The number of carbonyl (C=O) groups excluding carboxylic acids is 1. The summed E-state index contributed by atoms with van der Waals surface area (Å²) in [6, 6.07) is 4.36. The number of rotatable bonds is 1. The number of nitrogens with zero attached hydrogens (tertiary/aromatic N) is 1. The van der Waals surface area contributed by atoms with Crippen LogP contribution in [0.15, 0.2) is 22.7 Å². The van der Waals surface area contributed by atoms with Gasteiger partial charge in [0, 0.05) is 11.5 Å². The van der Waals surface area contributed by atoms with E-state index in [1.807, 2.05) is 0 Å². The van der Waals surface area contributed by atoms with Gasteiger partial charge in [-0.1, -0.05) is 15.9 Å². The molecule has 1 atom stereocenters. The second-order valence-electron chi connectivity index (χ2n) is 3.82. The number of carboxylic acid groups (broad SMARTS) is 1. The van der Waals surface area contributed by atoms with Gasteiger partial charge in [0.05, 0.1) is 5.69 Å². The first-order valence-corrected chi connectivity index (χ1v) is 5.97. The highest BCUT2D eigenvalue weighted by Gasteiger charge is 2.30. The van der Waals surface area contributed by atoms with Crippen LogP contribution in [0.25, 0.3) is 0 Å². The van der Waals surface area contributed by atoms with Crippen molar-refractivity contribution in [2.75, 3.05) is 18.6 Å². The van der Waals surface area contributed by atoms with Crippen LogP contribution < -0.4 is 15.0 Å². The molecule has 6 nitrogen and oxygen atoms in total. The molecular weight excluding hydrogens is 304 g/mol. The predicted octanol–water partition coefficient (Wildman–Crippen LogP) is 1.44. The van der Waals surface area contributed by atoms with Crippen molar-refractivity contribution in [3.63, 3.8) is 0 Å². The van der Waals surface area contributed by atoms with Gasteiger partial charge in [0.15, 0.2) is 0 Å². The lowest BCUT2D eigenvalue weighted by Gasteiger charge is -2.19. The van der Waals surface area contributed by atoms with Crippen LogP contribution in [0.2, 0.25) is 0 Å². The molecule has 0 spiro atoms. The zero-order valence-electron chi connectivity index (χ0n) is 9.51. The van der Waals surface area contributed by atoms with E-state index >= 15 is 0 Å². The van der Waals surface area contributed by atoms with E-state index < -0.39 is 12.1 Å². The smallest absolute Gasteiger partial charge is 0.405 e. The van der Waals surface area contributed by atoms with E-state index in [0.717, 1.165) is 4.47 Å². The third-order valence-electron chi connectivity index (χ3n) is 2.61. The minimum Gasteiger partial charge on any atom is -0.489 e. The molecule has 2 amide bonds. The number of likely N-dealkylation sites (N-methyl/N-ethyl adjacent to an activating group) is 1. The molecule has 96 valence electrons. The highest BCUT2D eigenvalue weighted by atomic mass is 79.9. The van der Waals surface area contributed by atoms with Gasteiger partial charge in [-0.25, -0.2) is 4.79 Å². The Labute approximate surface area is 112 Å². The van der Waals surface area contributed by atoms with Crippen LogP contribution in [0.3, 0.4) is 0 Å². The van der Waals surface area contributed by atoms with Crippen LogP contribution in [0.1, 0.15) is 0 Å². The second kappa shape index (κ2) is 4.85. The van der Waals surface area contributed by atoms with E-state index in [2.05, 4.69) is 21.2 Å². The molecule has 18 heavy (non-hydrogen) atoms. The van der Waals surface area contributed by atoms with Gasteiger partial charge in [-0.2, -0.15) is 0 Å². The Morgan fingerprint density at radius 3 is 3.00 bits per heavy atom. The van der Waals surface area contributed by atoms with Crippen molar-refractivity contribution < 1.29 is 19.4 Å². The monoisotopic (exact) mass is 314 g/mol. The van der Waals surface area contributed by atoms with Crippen molar-refractivity contribution >= 4 is 33.6 Å². The van der Waals surface area contributed by atoms with Crippen molar-refractivity contribution in [2.45, 2.75) is 6.04 Å². The van der Waals surface area contributed by atoms with Crippen LogP contribution in [0.4, 0.5) is 10.5 Å². The lowest BCUT2D eigenvalue weighted by atomic mass is 10.2. The Hall–Kier alpha value is -1.76. The average molecular weight is 315 g/mol. The van der Waals surface area contributed by atoms with Gasteiger partial charge in [-0.15, -0.1) is 0 Å². The first-order chi connectivity index (χ1) is 8.49. The summed E-state index contributed by atoms with van der Waals surface area (Å²) in [5, 5.41) is 10.8.